The number of amides is 3. The Morgan fingerprint density at radius 1 is 1.23 bits per heavy atom. The van der Waals surface area contributed by atoms with Crippen molar-refractivity contribution in [1.82, 2.24) is 10.2 Å². The van der Waals surface area contributed by atoms with Crippen molar-refractivity contribution < 1.29 is 19.1 Å². The van der Waals surface area contributed by atoms with Crippen LogP contribution in [-0.4, -0.2) is 41.5 Å². The molecule has 0 aromatic heterocycles. The normalized spacial score (nSPS) is 32.6. The molecule has 120 valence electrons. The topological polar surface area (TPSA) is 75.7 Å². The van der Waals surface area contributed by atoms with E-state index in [-0.39, 0.29) is 48.6 Å². The van der Waals surface area contributed by atoms with E-state index in [9.17, 15) is 14.4 Å². The van der Waals surface area contributed by atoms with Crippen LogP contribution in [-0.2, 0) is 14.3 Å². The summed E-state index contributed by atoms with van der Waals surface area (Å²) in [5.41, 5.74) is -0.564. The predicted octanol–water partition coefficient (Wildman–Crippen LogP) is 1.32. The molecule has 0 radical (unpaired) electrons. The lowest BCUT2D eigenvalue weighted by Gasteiger charge is -2.21. The first kappa shape index (κ1) is 15.1. The number of fused-ring (bicyclic) bond motifs is 5. The summed E-state index contributed by atoms with van der Waals surface area (Å²) >= 11 is 0. The monoisotopic (exact) mass is 306 g/mol. The largest absolute Gasteiger partial charge is 0.444 e. The first-order chi connectivity index (χ1) is 10.3. The molecule has 3 amide bonds. The van der Waals surface area contributed by atoms with Gasteiger partial charge in [0.25, 0.3) is 0 Å². The fourth-order valence-corrected chi connectivity index (χ4v) is 3.77. The van der Waals surface area contributed by atoms with Gasteiger partial charge in [-0.2, -0.15) is 0 Å². The van der Waals surface area contributed by atoms with Crippen molar-refractivity contribution in [2.75, 3.05) is 13.1 Å². The molecule has 3 aliphatic rings. The van der Waals surface area contributed by atoms with Gasteiger partial charge in [0.15, 0.2) is 0 Å². The van der Waals surface area contributed by atoms with Gasteiger partial charge in [-0.25, -0.2) is 4.79 Å². The summed E-state index contributed by atoms with van der Waals surface area (Å²) < 4.78 is 5.13. The molecule has 4 atom stereocenters. The maximum absolute atomic E-state index is 12.4. The molecule has 1 saturated heterocycles. The van der Waals surface area contributed by atoms with Crippen molar-refractivity contribution in [3.05, 3.63) is 12.2 Å². The van der Waals surface area contributed by atoms with Gasteiger partial charge in [0, 0.05) is 13.1 Å². The molecule has 1 saturated carbocycles. The molecule has 0 aromatic carbocycles. The lowest BCUT2D eigenvalue weighted by atomic mass is 9.85. The number of allylic oxidation sites excluding steroid dienone is 2. The maximum atomic E-state index is 12.4. The van der Waals surface area contributed by atoms with E-state index in [2.05, 4.69) is 17.5 Å². The molecule has 2 fully saturated rings. The van der Waals surface area contributed by atoms with E-state index in [0.29, 0.717) is 0 Å². The molecule has 3 unspecified atom stereocenters. The van der Waals surface area contributed by atoms with Crippen molar-refractivity contribution in [3.8, 4) is 0 Å². The highest BCUT2D eigenvalue weighted by molar-refractivity contribution is 6.06. The fourth-order valence-electron chi connectivity index (χ4n) is 3.77. The van der Waals surface area contributed by atoms with Gasteiger partial charge in [0.2, 0.25) is 11.8 Å². The molecule has 3 rings (SSSR count). The zero-order valence-corrected chi connectivity index (χ0v) is 13.2. The molecule has 0 aromatic rings. The van der Waals surface area contributed by atoms with Gasteiger partial charge in [-0.05, 0) is 39.0 Å². The summed E-state index contributed by atoms with van der Waals surface area (Å²) in [5, 5.41) is 2.59. The molecule has 2 aliphatic carbocycles. The molecule has 1 aliphatic heterocycles. The minimum Gasteiger partial charge on any atom is -0.444 e. The summed E-state index contributed by atoms with van der Waals surface area (Å²) in [6, 6.07) is 0. The van der Waals surface area contributed by atoms with E-state index in [0.717, 1.165) is 6.42 Å². The Hall–Kier alpha value is -1.85. The SMILES string of the molecule is CC(C)(C)OC(=O)NCCN1C(=O)C2C3C=C[C@@H](C3)C2C1=O. The van der Waals surface area contributed by atoms with Gasteiger partial charge in [-0.3, -0.25) is 14.5 Å². The number of hydrogen-bond acceptors (Lipinski definition) is 4. The van der Waals surface area contributed by atoms with Gasteiger partial charge in [0.05, 0.1) is 11.8 Å². The smallest absolute Gasteiger partial charge is 0.407 e. The Balaban J connectivity index is 1.53. The van der Waals surface area contributed by atoms with Gasteiger partial charge in [-0.1, -0.05) is 12.2 Å². The number of rotatable bonds is 3. The van der Waals surface area contributed by atoms with Crippen molar-refractivity contribution in [1.29, 1.82) is 0 Å². The Morgan fingerprint density at radius 3 is 2.27 bits per heavy atom. The van der Waals surface area contributed by atoms with Gasteiger partial charge < -0.3 is 10.1 Å². The number of likely N-dealkylation sites (tertiary alicyclic amines) is 1. The highest BCUT2D eigenvalue weighted by atomic mass is 16.6. The molecular formula is C16H22N2O4. The van der Waals surface area contributed by atoms with Crippen LogP contribution in [0.3, 0.4) is 0 Å². The van der Waals surface area contributed by atoms with Crippen LogP contribution in [0.2, 0.25) is 0 Å². The Labute approximate surface area is 129 Å². The summed E-state index contributed by atoms with van der Waals surface area (Å²) in [6.45, 7) is 5.77. The van der Waals surface area contributed by atoms with Crippen LogP contribution >= 0.6 is 0 Å². The standard InChI is InChI=1S/C16H22N2O4/c1-16(2,3)22-15(21)17-6-7-18-13(19)11-9-4-5-10(8-9)12(11)14(18)20/h4-5,9-12H,6-8H2,1-3H3,(H,17,21)/t9-,10?,11?,12?/m0/s1. The predicted molar refractivity (Wildman–Crippen MR) is 78.7 cm³/mol. The molecule has 1 heterocycles. The number of ether oxygens (including phenoxy) is 1. The average molecular weight is 306 g/mol. The number of alkyl carbamates (subject to hydrolysis) is 1. The quantitative estimate of drug-likeness (QED) is 0.630. The van der Waals surface area contributed by atoms with Gasteiger partial charge in [0.1, 0.15) is 5.60 Å². The third-order valence-corrected chi connectivity index (χ3v) is 4.57. The highest BCUT2D eigenvalue weighted by Gasteiger charge is 2.58. The lowest BCUT2D eigenvalue weighted by Crippen LogP contribution is -2.41. The Kier molecular flexibility index (Phi) is 3.50. The van der Waals surface area contributed by atoms with Crippen LogP contribution in [0.1, 0.15) is 27.2 Å². The van der Waals surface area contributed by atoms with Crippen LogP contribution in [0.15, 0.2) is 12.2 Å². The summed E-state index contributed by atoms with van der Waals surface area (Å²) in [4.78, 5) is 37.7. The second-order valence-electron chi connectivity index (χ2n) is 7.26. The number of carbonyl (C=O) groups is 3. The van der Waals surface area contributed by atoms with Crippen LogP contribution in [0.25, 0.3) is 0 Å². The second-order valence-corrected chi connectivity index (χ2v) is 7.26. The number of hydrogen-bond donors (Lipinski definition) is 1. The summed E-state index contributed by atoms with van der Waals surface area (Å²) in [5.74, 6) is -0.0886. The highest BCUT2D eigenvalue weighted by Crippen LogP contribution is 2.52. The van der Waals surface area contributed by atoms with E-state index >= 15 is 0 Å². The Morgan fingerprint density at radius 2 is 1.77 bits per heavy atom. The minimum absolute atomic E-state index is 0.0853. The van der Waals surface area contributed by atoms with Crippen molar-refractivity contribution in [3.63, 3.8) is 0 Å². The second kappa shape index (κ2) is 5.11. The van der Waals surface area contributed by atoms with Crippen LogP contribution in [0.5, 0.6) is 0 Å². The molecule has 2 bridgehead atoms. The number of carbonyl (C=O) groups excluding carboxylic acids is 3. The summed E-state index contributed by atoms with van der Waals surface area (Å²) in [7, 11) is 0. The van der Waals surface area contributed by atoms with Gasteiger partial charge in [-0.15, -0.1) is 0 Å². The minimum atomic E-state index is -0.564. The molecule has 22 heavy (non-hydrogen) atoms. The van der Waals surface area contributed by atoms with E-state index in [1.54, 1.807) is 20.8 Å². The van der Waals surface area contributed by atoms with Crippen LogP contribution < -0.4 is 5.32 Å². The average Bonchev–Trinajstić information content (AvgIpc) is 3.05. The van der Waals surface area contributed by atoms with E-state index in [4.69, 9.17) is 4.74 Å². The van der Waals surface area contributed by atoms with Crippen molar-refractivity contribution in [2.24, 2.45) is 23.7 Å². The lowest BCUT2D eigenvalue weighted by molar-refractivity contribution is -0.140. The van der Waals surface area contributed by atoms with E-state index in [1.807, 2.05) is 0 Å². The van der Waals surface area contributed by atoms with E-state index in [1.165, 1.54) is 4.90 Å². The summed E-state index contributed by atoms with van der Waals surface area (Å²) in [6.07, 6.45) is 4.53. The maximum Gasteiger partial charge on any atom is 0.407 e. The van der Waals surface area contributed by atoms with Crippen molar-refractivity contribution >= 4 is 17.9 Å². The number of imide groups is 1. The number of nitrogens with zero attached hydrogens (tertiary/aromatic N) is 1. The third kappa shape index (κ3) is 2.51. The van der Waals surface area contributed by atoms with Gasteiger partial charge >= 0.3 is 6.09 Å². The van der Waals surface area contributed by atoms with Crippen LogP contribution in [0, 0.1) is 23.7 Å². The molecule has 6 nitrogen and oxygen atoms in total. The molecule has 1 N–H and O–H groups in total. The third-order valence-electron chi connectivity index (χ3n) is 4.57. The molecular weight excluding hydrogens is 284 g/mol. The fraction of sp³-hybridized carbons (Fsp3) is 0.688. The zero-order valence-electron chi connectivity index (χ0n) is 13.2. The zero-order chi connectivity index (χ0) is 16.1. The number of nitrogens with one attached hydrogen (secondary N) is 1. The van der Waals surface area contributed by atoms with E-state index < -0.39 is 11.7 Å². The first-order valence-electron chi connectivity index (χ1n) is 7.78. The molecule has 0 spiro atoms. The van der Waals surface area contributed by atoms with Crippen molar-refractivity contribution in [2.45, 2.75) is 32.8 Å². The van der Waals surface area contributed by atoms with Crippen LogP contribution in [0.4, 0.5) is 4.79 Å². The Bertz CT molecular complexity index is 519. The molecule has 6 heteroatoms. The first-order valence-corrected chi connectivity index (χ1v) is 7.78.